The van der Waals surface area contributed by atoms with Gasteiger partial charge in [0.15, 0.2) is 0 Å². The van der Waals surface area contributed by atoms with Gasteiger partial charge in [0, 0.05) is 5.41 Å². The molecule has 1 heterocycles. The summed E-state index contributed by atoms with van der Waals surface area (Å²) in [5, 5.41) is 0. The van der Waals surface area contributed by atoms with Crippen LogP contribution in [0.1, 0.15) is 33.6 Å². The quantitative estimate of drug-likeness (QED) is 0.422. The van der Waals surface area contributed by atoms with Gasteiger partial charge in [-0.2, -0.15) is 0 Å². The normalized spacial score (nSPS) is 39.0. The Morgan fingerprint density at radius 3 is 2.77 bits per heavy atom. The van der Waals surface area contributed by atoms with E-state index in [1.165, 1.54) is 11.1 Å². The number of fused-ring (bicyclic) bond motifs is 1. The maximum absolute atomic E-state index is 11.4. The van der Waals surface area contributed by atoms with Gasteiger partial charge >= 0.3 is 5.97 Å². The number of esters is 1. The fourth-order valence-corrected chi connectivity index (χ4v) is 2.46. The molecule has 2 nitrogen and oxygen atoms in total. The Morgan fingerprint density at radius 2 is 2.08 bits per heavy atom. The molecule has 0 saturated carbocycles. The minimum Gasteiger partial charge on any atom is -0.465 e. The summed E-state index contributed by atoms with van der Waals surface area (Å²) < 4.78 is 5.13. The van der Waals surface area contributed by atoms with E-state index in [0.717, 1.165) is 12.8 Å². The summed E-state index contributed by atoms with van der Waals surface area (Å²) in [4.78, 5) is 11.4. The smallest absolute Gasteiger partial charge is 0.309 e. The van der Waals surface area contributed by atoms with E-state index in [-0.39, 0.29) is 17.3 Å². The molecule has 0 aromatic heterocycles. The van der Waals surface area contributed by atoms with Crippen molar-refractivity contribution in [3.05, 3.63) is 11.1 Å². The van der Waals surface area contributed by atoms with Crippen molar-refractivity contribution in [2.75, 3.05) is 6.61 Å². The zero-order valence-corrected chi connectivity index (χ0v) is 8.52. The summed E-state index contributed by atoms with van der Waals surface area (Å²) in [6.45, 7) is 7.07. The molecule has 2 rings (SSSR count). The highest BCUT2D eigenvalue weighted by Gasteiger charge is 2.48. The molecule has 0 amide bonds. The van der Waals surface area contributed by atoms with Crippen LogP contribution < -0.4 is 0 Å². The highest BCUT2D eigenvalue weighted by Crippen LogP contribution is 2.47. The Labute approximate surface area is 79.0 Å². The molecule has 2 heteroatoms. The van der Waals surface area contributed by atoms with Crippen LogP contribution in [0.2, 0.25) is 0 Å². The minimum absolute atomic E-state index is 0.00866. The molecule has 13 heavy (non-hydrogen) atoms. The van der Waals surface area contributed by atoms with Crippen LogP contribution in [0.5, 0.6) is 0 Å². The van der Waals surface area contributed by atoms with Crippen LogP contribution in [0.15, 0.2) is 11.1 Å². The van der Waals surface area contributed by atoms with Gasteiger partial charge < -0.3 is 4.74 Å². The average molecular weight is 180 g/mol. The van der Waals surface area contributed by atoms with E-state index in [9.17, 15) is 4.79 Å². The van der Waals surface area contributed by atoms with E-state index in [1.807, 2.05) is 0 Å². The molecule has 0 N–H and O–H groups in total. The van der Waals surface area contributed by atoms with Gasteiger partial charge in [-0.1, -0.05) is 18.1 Å². The number of carbonyl (C=O) groups is 1. The number of rotatable bonds is 0. The Morgan fingerprint density at radius 1 is 1.38 bits per heavy atom. The summed E-state index contributed by atoms with van der Waals surface area (Å²) in [7, 11) is 0. The summed E-state index contributed by atoms with van der Waals surface area (Å²) >= 11 is 0. The molecule has 0 aromatic carbocycles. The molecule has 0 spiro atoms. The van der Waals surface area contributed by atoms with Crippen molar-refractivity contribution in [2.24, 2.45) is 11.3 Å². The van der Waals surface area contributed by atoms with Crippen LogP contribution in [-0.4, -0.2) is 12.6 Å². The van der Waals surface area contributed by atoms with Crippen LogP contribution in [0.3, 0.4) is 0 Å². The molecule has 0 aromatic rings. The Hall–Kier alpha value is -0.790. The van der Waals surface area contributed by atoms with Gasteiger partial charge in [-0.25, -0.2) is 0 Å². The molecule has 72 valence electrons. The molecule has 1 fully saturated rings. The molecule has 1 saturated heterocycles. The van der Waals surface area contributed by atoms with Crippen molar-refractivity contribution in [2.45, 2.75) is 33.6 Å². The topological polar surface area (TPSA) is 26.3 Å². The third kappa shape index (κ3) is 1.19. The van der Waals surface area contributed by atoms with Gasteiger partial charge in [-0.3, -0.25) is 4.79 Å². The van der Waals surface area contributed by atoms with Crippen molar-refractivity contribution in [1.82, 2.24) is 0 Å². The van der Waals surface area contributed by atoms with Gasteiger partial charge in [0.25, 0.3) is 0 Å². The first-order valence-electron chi connectivity index (χ1n) is 4.85. The lowest BCUT2D eigenvalue weighted by molar-refractivity contribution is -0.141. The summed E-state index contributed by atoms with van der Waals surface area (Å²) in [5.41, 5.74) is 2.90. The van der Waals surface area contributed by atoms with Gasteiger partial charge in [-0.05, 0) is 26.7 Å². The predicted octanol–water partition coefficient (Wildman–Crippen LogP) is 2.30. The van der Waals surface area contributed by atoms with E-state index >= 15 is 0 Å². The van der Waals surface area contributed by atoms with Crippen LogP contribution in [0.25, 0.3) is 0 Å². The molecular formula is C11H16O2. The second-order valence-electron chi connectivity index (χ2n) is 4.76. The van der Waals surface area contributed by atoms with Crippen molar-refractivity contribution in [3.8, 4) is 0 Å². The first-order valence-corrected chi connectivity index (χ1v) is 4.85. The lowest BCUT2D eigenvalue weighted by Gasteiger charge is -2.33. The first-order chi connectivity index (χ1) is 6.03. The van der Waals surface area contributed by atoms with Crippen LogP contribution in [0.4, 0.5) is 0 Å². The maximum atomic E-state index is 11.4. The van der Waals surface area contributed by atoms with Crippen LogP contribution >= 0.6 is 0 Å². The van der Waals surface area contributed by atoms with E-state index < -0.39 is 0 Å². The standard InChI is InChI=1S/C11H16O2/c1-7-4-9-10(12)13-6-11(9,3)5-8(7)2/h9H,4-6H2,1-3H3/t9-,11-/m0/s1. The summed E-state index contributed by atoms with van der Waals surface area (Å²) in [6.07, 6.45) is 1.93. The van der Waals surface area contributed by atoms with Gasteiger partial charge in [0.05, 0.1) is 12.5 Å². The minimum atomic E-state index is 0.00866. The SMILES string of the molecule is CC1=C(C)C[C@@]2(C)COC(=O)[C@@H]2C1. The maximum Gasteiger partial charge on any atom is 0.309 e. The van der Waals surface area contributed by atoms with Crippen molar-refractivity contribution in [1.29, 1.82) is 0 Å². The van der Waals surface area contributed by atoms with Gasteiger partial charge in [0.2, 0.25) is 0 Å². The molecule has 0 unspecified atom stereocenters. The first kappa shape index (κ1) is 8.79. The van der Waals surface area contributed by atoms with E-state index in [2.05, 4.69) is 20.8 Å². The molecule has 2 atom stereocenters. The van der Waals surface area contributed by atoms with E-state index in [4.69, 9.17) is 4.74 Å². The van der Waals surface area contributed by atoms with Crippen molar-refractivity contribution >= 4 is 5.97 Å². The van der Waals surface area contributed by atoms with Gasteiger partial charge in [0.1, 0.15) is 0 Å². The second kappa shape index (κ2) is 2.60. The Kier molecular flexibility index (Phi) is 1.76. The highest BCUT2D eigenvalue weighted by atomic mass is 16.5. The molecule has 2 aliphatic rings. The monoisotopic (exact) mass is 180 g/mol. The molecule has 1 aliphatic carbocycles. The van der Waals surface area contributed by atoms with E-state index in [1.54, 1.807) is 0 Å². The highest BCUT2D eigenvalue weighted by molar-refractivity contribution is 5.76. The average Bonchev–Trinajstić information content (AvgIpc) is 2.32. The van der Waals surface area contributed by atoms with Crippen LogP contribution in [-0.2, 0) is 9.53 Å². The lowest BCUT2D eigenvalue weighted by Crippen LogP contribution is -2.31. The zero-order valence-electron chi connectivity index (χ0n) is 8.52. The van der Waals surface area contributed by atoms with E-state index in [0.29, 0.717) is 6.61 Å². The summed E-state index contributed by atoms with van der Waals surface area (Å²) in [5.74, 6) is 0.130. The van der Waals surface area contributed by atoms with Crippen molar-refractivity contribution < 1.29 is 9.53 Å². The molecule has 0 bridgehead atoms. The fraction of sp³-hybridized carbons (Fsp3) is 0.727. The predicted molar refractivity (Wildman–Crippen MR) is 50.2 cm³/mol. The zero-order chi connectivity index (χ0) is 9.64. The number of hydrogen-bond donors (Lipinski definition) is 0. The van der Waals surface area contributed by atoms with Crippen molar-refractivity contribution in [3.63, 3.8) is 0 Å². The van der Waals surface area contributed by atoms with Crippen LogP contribution in [0, 0.1) is 11.3 Å². The molecule has 1 aliphatic heterocycles. The molecule has 0 radical (unpaired) electrons. The number of allylic oxidation sites excluding steroid dienone is 2. The third-order valence-electron chi connectivity index (χ3n) is 3.58. The number of ether oxygens (including phenoxy) is 1. The number of cyclic esters (lactones) is 1. The number of hydrogen-bond acceptors (Lipinski definition) is 2. The second-order valence-corrected chi connectivity index (χ2v) is 4.76. The largest absolute Gasteiger partial charge is 0.465 e. The Bertz CT molecular complexity index is 290. The number of carbonyl (C=O) groups excluding carboxylic acids is 1. The summed E-state index contributed by atoms with van der Waals surface area (Å²) in [6, 6.07) is 0. The Balaban J connectivity index is 2.33. The van der Waals surface area contributed by atoms with Gasteiger partial charge in [-0.15, -0.1) is 0 Å². The third-order valence-corrected chi connectivity index (χ3v) is 3.58. The molecular weight excluding hydrogens is 164 g/mol. The fourth-order valence-electron chi connectivity index (χ4n) is 2.46. The lowest BCUT2D eigenvalue weighted by atomic mass is 9.68.